The molecule has 2 N–H and O–H groups in total. The van der Waals surface area contributed by atoms with E-state index in [0.29, 0.717) is 12.2 Å². The van der Waals surface area contributed by atoms with Gasteiger partial charge in [-0.3, -0.25) is 9.59 Å². The topological polar surface area (TPSA) is 96.2 Å². The van der Waals surface area contributed by atoms with Crippen LogP contribution in [0.1, 0.15) is 35.9 Å². The van der Waals surface area contributed by atoms with Gasteiger partial charge in [0.2, 0.25) is 0 Å². The molecule has 0 unspecified atom stereocenters. The Morgan fingerprint density at radius 3 is 2.65 bits per heavy atom. The standard InChI is InChI=1S/C22H28N4O4.HI/c1-3-23-22(26-11-9-17(10-12-26)21(28)29-2)24-15-16-6-4-7-18(14-16)25-20(27)19-8-5-13-30-19;/h4-8,13-14,17H,3,9-12,15H2,1-2H3,(H,23,24)(H,25,27);1H. The Morgan fingerprint density at radius 1 is 1.23 bits per heavy atom. The summed E-state index contributed by atoms with van der Waals surface area (Å²) in [6, 6.07) is 10.9. The molecular formula is C22H29IN4O4. The number of hydrogen-bond donors (Lipinski definition) is 2. The number of amides is 1. The minimum absolute atomic E-state index is 0. The van der Waals surface area contributed by atoms with Crippen molar-refractivity contribution in [1.82, 2.24) is 10.2 Å². The number of ether oxygens (including phenoxy) is 1. The van der Waals surface area contributed by atoms with E-state index in [0.717, 1.165) is 44.0 Å². The predicted molar refractivity (Wildman–Crippen MR) is 130 cm³/mol. The Morgan fingerprint density at radius 2 is 2.00 bits per heavy atom. The molecule has 1 aromatic heterocycles. The van der Waals surface area contributed by atoms with Gasteiger partial charge in [0.1, 0.15) is 0 Å². The summed E-state index contributed by atoms with van der Waals surface area (Å²) in [5.41, 5.74) is 1.67. The van der Waals surface area contributed by atoms with Crippen LogP contribution >= 0.6 is 24.0 Å². The Balaban J connectivity index is 0.00000341. The Labute approximate surface area is 199 Å². The molecule has 2 aromatic rings. The van der Waals surface area contributed by atoms with Gasteiger partial charge in [0.25, 0.3) is 5.91 Å². The number of carbonyl (C=O) groups excluding carboxylic acids is 2. The van der Waals surface area contributed by atoms with Crippen molar-refractivity contribution >= 4 is 47.5 Å². The quantitative estimate of drug-likeness (QED) is 0.252. The summed E-state index contributed by atoms with van der Waals surface area (Å²) in [6.45, 7) is 4.77. The Kier molecular flexibility index (Phi) is 9.83. The normalized spacial score (nSPS) is 14.5. The second-order valence-corrected chi connectivity index (χ2v) is 7.09. The van der Waals surface area contributed by atoms with E-state index in [9.17, 15) is 9.59 Å². The molecule has 1 saturated heterocycles. The number of aliphatic imine (C=N–C) groups is 1. The second kappa shape index (κ2) is 12.3. The van der Waals surface area contributed by atoms with Crippen LogP contribution in [0.5, 0.6) is 0 Å². The van der Waals surface area contributed by atoms with Crippen LogP contribution in [0.4, 0.5) is 5.69 Å². The van der Waals surface area contributed by atoms with Gasteiger partial charge < -0.3 is 24.7 Å². The number of nitrogens with one attached hydrogen (secondary N) is 2. The molecule has 1 fully saturated rings. The highest BCUT2D eigenvalue weighted by atomic mass is 127. The van der Waals surface area contributed by atoms with Crippen molar-refractivity contribution in [3.63, 3.8) is 0 Å². The molecule has 0 spiro atoms. The molecule has 0 saturated carbocycles. The molecule has 31 heavy (non-hydrogen) atoms. The summed E-state index contributed by atoms with van der Waals surface area (Å²) in [7, 11) is 1.44. The van der Waals surface area contributed by atoms with Crippen LogP contribution in [-0.4, -0.2) is 49.5 Å². The van der Waals surface area contributed by atoms with Crippen LogP contribution in [0.15, 0.2) is 52.1 Å². The zero-order valence-electron chi connectivity index (χ0n) is 17.8. The first kappa shape index (κ1) is 24.7. The predicted octanol–water partition coefficient (Wildman–Crippen LogP) is 3.50. The summed E-state index contributed by atoms with van der Waals surface area (Å²) in [6.07, 6.45) is 2.98. The van der Waals surface area contributed by atoms with Crippen molar-refractivity contribution < 1.29 is 18.7 Å². The fraction of sp³-hybridized carbons (Fsp3) is 0.409. The third kappa shape index (κ3) is 6.98. The molecule has 9 heteroatoms. The largest absolute Gasteiger partial charge is 0.469 e. The first-order valence-electron chi connectivity index (χ1n) is 10.2. The van der Waals surface area contributed by atoms with Gasteiger partial charge >= 0.3 is 5.97 Å². The number of piperidine rings is 1. The summed E-state index contributed by atoms with van der Waals surface area (Å²) < 4.78 is 9.98. The molecule has 1 aromatic carbocycles. The van der Waals surface area contributed by atoms with Crippen molar-refractivity contribution in [3.8, 4) is 0 Å². The highest BCUT2D eigenvalue weighted by Gasteiger charge is 2.26. The number of furan rings is 1. The van der Waals surface area contributed by atoms with E-state index in [1.165, 1.54) is 13.4 Å². The van der Waals surface area contributed by atoms with Crippen LogP contribution in [0.3, 0.4) is 0 Å². The number of nitrogens with zero attached hydrogens (tertiary/aromatic N) is 2. The number of halogens is 1. The zero-order valence-corrected chi connectivity index (χ0v) is 20.1. The van der Waals surface area contributed by atoms with Crippen LogP contribution in [0.2, 0.25) is 0 Å². The van der Waals surface area contributed by atoms with Gasteiger partial charge in [-0.05, 0) is 49.6 Å². The highest BCUT2D eigenvalue weighted by Crippen LogP contribution is 2.19. The smallest absolute Gasteiger partial charge is 0.308 e. The number of esters is 1. The molecule has 1 aliphatic rings. The summed E-state index contributed by atoms with van der Waals surface area (Å²) in [5.74, 6) is 0.630. The lowest BCUT2D eigenvalue weighted by Crippen LogP contribution is -2.46. The summed E-state index contributed by atoms with van der Waals surface area (Å²) >= 11 is 0. The lowest BCUT2D eigenvalue weighted by Gasteiger charge is -2.33. The maximum Gasteiger partial charge on any atom is 0.308 e. The van der Waals surface area contributed by atoms with E-state index in [2.05, 4.69) is 15.5 Å². The Bertz CT molecular complexity index is 877. The van der Waals surface area contributed by atoms with Gasteiger partial charge in [-0.1, -0.05) is 12.1 Å². The third-order valence-electron chi connectivity index (χ3n) is 5.01. The van der Waals surface area contributed by atoms with Crippen molar-refractivity contribution in [2.24, 2.45) is 10.9 Å². The molecule has 1 amide bonds. The molecular weight excluding hydrogens is 511 g/mol. The summed E-state index contributed by atoms with van der Waals surface area (Å²) in [4.78, 5) is 30.8. The number of benzene rings is 1. The number of guanidine groups is 1. The van der Waals surface area contributed by atoms with Gasteiger partial charge in [0.15, 0.2) is 11.7 Å². The second-order valence-electron chi connectivity index (χ2n) is 7.09. The van der Waals surface area contributed by atoms with Crippen LogP contribution in [0.25, 0.3) is 0 Å². The van der Waals surface area contributed by atoms with E-state index in [-0.39, 0.29) is 47.5 Å². The minimum atomic E-state index is -0.289. The number of rotatable bonds is 6. The first-order valence-corrected chi connectivity index (χ1v) is 10.2. The minimum Gasteiger partial charge on any atom is -0.469 e. The SMILES string of the molecule is CCNC(=NCc1cccc(NC(=O)c2ccco2)c1)N1CCC(C(=O)OC)CC1.I. The number of anilines is 1. The molecule has 0 radical (unpaired) electrons. The maximum atomic E-state index is 12.2. The number of likely N-dealkylation sites (tertiary alicyclic amines) is 1. The van der Waals surface area contributed by atoms with E-state index in [1.54, 1.807) is 12.1 Å². The molecule has 2 heterocycles. The van der Waals surface area contributed by atoms with Crippen LogP contribution in [0, 0.1) is 5.92 Å². The average molecular weight is 540 g/mol. The molecule has 168 valence electrons. The highest BCUT2D eigenvalue weighted by molar-refractivity contribution is 14.0. The summed E-state index contributed by atoms with van der Waals surface area (Å²) in [5, 5.41) is 6.15. The van der Waals surface area contributed by atoms with Crippen molar-refractivity contribution in [2.45, 2.75) is 26.3 Å². The average Bonchev–Trinajstić information content (AvgIpc) is 3.32. The number of methoxy groups -OCH3 is 1. The van der Waals surface area contributed by atoms with E-state index < -0.39 is 0 Å². The molecule has 3 rings (SSSR count). The lowest BCUT2D eigenvalue weighted by molar-refractivity contribution is -0.146. The fourth-order valence-corrected chi connectivity index (χ4v) is 3.43. The lowest BCUT2D eigenvalue weighted by atomic mass is 9.97. The Hall–Kier alpha value is -2.56. The molecule has 0 aliphatic carbocycles. The number of hydrogen-bond acceptors (Lipinski definition) is 5. The van der Waals surface area contributed by atoms with Crippen LogP contribution < -0.4 is 10.6 Å². The molecule has 0 atom stereocenters. The van der Waals surface area contributed by atoms with E-state index in [4.69, 9.17) is 14.1 Å². The van der Waals surface area contributed by atoms with Crippen molar-refractivity contribution in [2.75, 3.05) is 32.1 Å². The molecule has 8 nitrogen and oxygen atoms in total. The third-order valence-corrected chi connectivity index (χ3v) is 5.01. The van der Waals surface area contributed by atoms with E-state index in [1.807, 2.05) is 31.2 Å². The maximum absolute atomic E-state index is 12.2. The molecule has 0 bridgehead atoms. The van der Waals surface area contributed by atoms with E-state index >= 15 is 0 Å². The molecule has 1 aliphatic heterocycles. The van der Waals surface area contributed by atoms with Crippen LogP contribution in [-0.2, 0) is 16.1 Å². The monoisotopic (exact) mass is 540 g/mol. The van der Waals surface area contributed by atoms with Gasteiger partial charge in [-0.25, -0.2) is 4.99 Å². The zero-order chi connectivity index (χ0) is 21.3. The van der Waals surface area contributed by atoms with Gasteiger partial charge in [0.05, 0.1) is 25.8 Å². The van der Waals surface area contributed by atoms with Crippen molar-refractivity contribution in [3.05, 3.63) is 54.0 Å². The number of carbonyl (C=O) groups is 2. The first-order chi connectivity index (χ1) is 14.6. The van der Waals surface area contributed by atoms with Gasteiger partial charge in [-0.2, -0.15) is 0 Å². The van der Waals surface area contributed by atoms with Gasteiger partial charge in [0, 0.05) is 25.3 Å². The van der Waals surface area contributed by atoms with Crippen molar-refractivity contribution in [1.29, 1.82) is 0 Å². The fourth-order valence-electron chi connectivity index (χ4n) is 3.43. The van der Waals surface area contributed by atoms with Gasteiger partial charge in [-0.15, -0.1) is 24.0 Å².